The number of nitrogens with zero attached hydrogens (tertiary/aromatic N) is 3. The summed E-state index contributed by atoms with van der Waals surface area (Å²) in [5.41, 5.74) is 0.628. The lowest BCUT2D eigenvalue weighted by Gasteiger charge is -2.08. The number of rotatable bonds is 5. The van der Waals surface area contributed by atoms with Gasteiger partial charge in [0.15, 0.2) is 0 Å². The third-order valence-corrected chi connectivity index (χ3v) is 3.04. The first kappa shape index (κ1) is 13.4. The predicted molar refractivity (Wildman–Crippen MR) is 73.3 cm³/mol. The van der Waals surface area contributed by atoms with E-state index in [9.17, 15) is 10.1 Å². The molecule has 0 radical (unpaired) electrons. The van der Waals surface area contributed by atoms with Crippen LogP contribution >= 0.6 is 11.6 Å². The van der Waals surface area contributed by atoms with E-state index < -0.39 is 4.92 Å². The maximum Gasteiger partial charge on any atom is 0.288 e. The van der Waals surface area contributed by atoms with E-state index in [1.165, 1.54) is 6.07 Å². The molecule has 2 aromatic rings. The molecule has 1 heterocycles. The Morgan fingerprint density at radius 3 is 2.95 bits per heavy atom. The van der Waals surface area contributed by atoms with Gasteiger partial charge in [0.1, 0.15) is 10.8 Å². The molecule has 0 amide bonds. The molecule has 7 heteroatoms. The second-order valence-electron chi connectivity index (χ2n) is 3.91. The fraction of sp³-hybridized carbons (Fsp3) is 0.250. The van der Waals surface area contributed by atoms with Gasteiger partial charge in [-0.25, -0.2) is 4.98 Å². The van der Waals surface area contributed by atoms with Gasteiger partial charge in [0.25, 0.3) is 5.69 Å². The largest absolute Gasteiger partial charge is 0.378 e. The van der Waals surface area contributed by atoms with Crippen molar-refractivity contribution < 1.29 is 4.92 Å². The summed E-state index contributed by atoms with van der Waals surface area (Å²) in [6.07, 6.45) is 3.64. The maximum absolute atomic E-state index is 10.6. The minimum absolute atomic E-state index is 0.0951. The van der Waals surface area contributed by atoms with E-state index in [0.29, 0.717) is 6.54 Å². The van der Waals surface area contributed by atoms with E-state index >= 15 is 0 Å². The number of hydrogen-bond acceptors (Lipinski definition) is 4. The highest BCUT2D eigenvalue weighted by molar-refractivity contribution is 6.32. The number of aromatic nitrogens is 2. The average Bonchev–Trinajstić information content (AvgIpc) is 2.83. The van der Waals surface area contributed by atoms with Crippen molar-refractivity contribution in [3.05, 3.63) is 51.6 Å². The lowest BCUT2D eigenvalue weighted by molar-refractivity contribution is -0.384. The molecule has 0 spiro atoms. The molecule has 1 N–H and O–H groups in total. The van der Waals surface area contributed by atoms with Crippen LogP contribution in [0.25, 0.3) is 0 Å². The van der Waals surface area contributed by atoms with Gasteiger partial charge in [0, 0.05) is 30.7 Å². The summed E-state index contributed by atoms with van der Waals surface area (Å²) >= 11 is 5.84. The van der Waals surface area contributed by atoms with Crippen molar-refractivity contribution in [1.82, 2.24) is 9.55 Å². The van der Waals surface area contributed by atoms with Gasteiger partial charge in [-0.15, -0.1) is 0 Å². The van der Waals surface area contributed by atoms with Gasteiger partial charge in [0.05, 0.1) is 11.5 Å². The Morgan fingerprint density at radius 2 is 2.32 bits per heavy atom. The molecule has 19 heavy (non-hydrogen) atoms. The highest BCUT2D eigenvalue weighted by Crippen LogP contribution is 2.27. The van der Waals surface area contributed by atoms with Crippen LogP contribution in [0, 0.1) is 10.1 Å². The first-order valence-corrected chi connectivity index (χ1v) is 6.17. The van der Waals surface area contributed by atoms with Gasteiger partial charge in [0.2, 0.25) is 0 Å². The average molecular weight is 281 g/mol. The lowest BCUT2D eigenvalue weighted by Crippen LogP contribution is -2.07. The zero-order valence-electron chi connectivity index (χ0n) is 10.3. The number of anilines is 1. The van der Waals surface area contributed by atoms with Crippen LogP contribution in [0.5, 0.6) is 0 Å². The number of hydrogen-bond donors (Lipinski definition) is 1. The molecule has 0 saturated carbocycles. The van der Waals surface area contributed by atoms with Crippen LogP contribution in [0.1, 0.15) is 12.7 Å². The maximum atomic E-state index is 10.6. The standard InChI is InChI=1S/C12H13ClN4O2/c1-2-16-6-5-14-12(16)8-15-9-3-4-11(17(18)19)10(13)7-9/h3-7,15H,2,8H2,1H3. The first-order chi connectivity index (χ1) is 9.11. The number of nitrogens with one attached hydrogen (secondary N) is 1. The number of benzene rings is 1. The molecule has 100 valence electrons. The van der Waals surface area contributed by atoms with E-state index in [1.807, 2.05) is 17.7 Å². The highest BCUT2D eigenvalue weighted by Gasteiger charge is 2.12. The third kappa shape index (κ3) is 3.03. The highest BCUT2D eigenvalue weighted by atomic mass is 35.5. The molecule has 1 aromatic carbocycles. The molecular formula is C12H13ClN4O2. The Bertz CT molecular complexity index is 597. The van der Waals surface area contributed by atoms with Crippen LogP contribution < -0.4 is 5.32 Å². The van der Waals surface area contributed by atoms with E-state index in [-0.39, 0.29) is 10.7 Å². The van der Waals surface area contributed by atoms with Crippen LogP contribution in [0.15, 0.2) is 30.6 Å². The third-order valence-electron chi connectivity index (χ3n) is 2.74. The van der Waals surface area contributed by atoms with E-state index in [2.05, 4.69) is 10.3 Å². The summed E-state index contributed by atoms with van der Waals surface area (Å²) in [6, 6.07) is 4.55. The fourth-order valence-electron chi connectivity index (χ4n) is 1.74. The van der Waals surface area contributed by atoms with Crippen LogP contribution in [0.2, 0.25) is 5.02 Å². The Labute approximate surface area is 115 Å². The van der Waals surface area contributed by atoms with E-state index in [1.54, 1.807) is 18.3 Å². The van der Waals surface area contributed by atoms with Gasteiger partial charge in [-0.05, 0) is 19.1 Å². The molecule has 0 unspecified atom stereocenters. The van der Waals surface area contributed by atoms with Gasteiger partial charge in [-0.1, -0.05) is 11.6 Å². The number of halogens is 1. The quantitative estimate of drug-likeness (QED) is 0.675. The molecule has 6 nitrogen and oxygen atoms in total. The van der Waals surface area contributed by atoms with Gasteiger partial charge < -0.3 is 9.88 Å². The molecule has 0 aliphatic heterocycles. The number of nitro benzene ring substituents is 1. The van der Waals surface area contributed by atoms with Crippen molar-refractivity contribution in [2.24, 2.45) is 0 Å². The van der Waals surface area contributed by atoms with Gasteiger partial charge in [-0.2, -0.15) is 0 Å². The topological polar surface area (TPSA) is 73.0 Å². The zero-order valence-corrected chi connectivity index (χ0v) is 11.1. The summed E-state index contributed by atoms with van der Waals surface area (Å²) in [5, 5.41) is 13.9. The Hall–Kier alpha value is -2.08. The summed E-state index contributed by atoms with van der Waals surface area (Å²) in [4.78, 5) is 14.4. The van der Waals surface area contributed by atoms with Gasteiger partial charge in [-0.3, -0.25) is 10.1 Å². The van der Waals surface area contributed by atoms with Crippen LogP contribution in [0.3, 0.4) is 0 Å². The van der Waals surface area contributed by atoms with E-state index in [0.717, 1.165) is 18.1 Å². The first-order valence-electron chi connectivity index (χ1n) is 5.79. The normalized spacial score (nSPS) is 10.4. The summed E-state index contributed by atoms with van der Waals surface area (Å²) in [6.45, 7) is 3.42. The van der Waals surface area contributed by atoms with Crippen molar-refractivity contribution in [3.8, 4) is 0 Å². The minimum Gasteiger partial charge on any atom is -0.378 e. The van der Waals surface area contributed by atoms with Crippen LogP contribution in [-0.4, -0.2) is 14.5 Å². The predicted octanol–water partition coefficient (Wildman–Crippen LogP) is 3.08. The molecule has 1 aromatic heterocycles. The van der Waals surface area contributed by atoms with Crippen molar-refractivity contribution in [2.75, 3.05) is 5.32 Å². The Morgan fingerprint density at radius 1 is 1.53 bits per heavy atom. The van der Waals surface area contributed by atoms with E-state index in [4.69, 9.17) is 11.6 Å². The summed E-state index contributed by atoms with van der Waals surface area (Å²) in [7, 11) is 0. The SMILES string of the molecule is CCn1ccnc1CNc1ccc([N+](=O)[O-])c(Cl)c1. The minimum atomic E-state index is -0.504. The molecule has 0 aliphatic rings. The number of aryl methyl sites for hydroxylation is 1. The zero-order chi connectivity index (χ0) is 13.8. The Balaban J connectivity index is 2.08. The molecule has 0 saturated heterocycles. The second-order valence-corrected chi connectivity index (χ2v) is 4.31. The van der Waals surface area contributed by atoms with Crippen LogP contribution in [-0.2, 0) is 13.1 Å². The number of imidazole rings is 1. The molecule has 2 rings (SSSR count). The van der Waals surface area contributed by atoms with Gasteiger partial charge >= 0.3 is 0 Å². The lowest BCUT2D eigenvalue weighted by atomic mass is 10.3. The molecular weight excluding hydrogens is 268 g/mol. The summed E-state index contributed by atoms with van der Waals surface area (Å²) < 4.78 is 2.01. The van der Waals surface area contributed by atoms with Crippen molar-refractivity contribution >= 4 is 23.0 Å². The summed E-state index contributed by atoms with van der Waals surface area (Å²) in [5.74, 6) is 0.900. The molecule has 0 aliphatic carbocycles. The molecule has 0 atom stereocenters. The monoisotopic (exact) mass is 280 g/mol. The smallest absolute Gasteiger partial charge is 0.288 e. The fourth-order valence-corrected chi connectivity index (χ4v) is 1.99. The second kappa shape index (κ2) is 5.71. The Kier molecular flexibility index (Phi) is 4.01. The molecule has 0 fully saturated rings. The number of nitro groups is 1. The van der Waals surface area contributed by atoms with Crippen molar-refractivity contribution in [2.45, 2.75) is 20.0 Å². The van der Waals surface area contributed by atoms with Crippen molar-refractivity contribution in [3.63, 3.8) is 0 Å². The van der Waals surface area contributed by atoms with Crippen molar-refractivity contribution in [1.29, 1.82) is 0 Å². The van der Waals surface area contributed by atoms with Crippen LogP contribution in [0.4, 0.5) is 11.4 Å². The molecule has 0 bridgehead atoms.